The molecule has 1 aliphatic rings. The van der Waals surface area contributed by atoms with E-state index in [1.807, 2.05) is 48.8 Å². The van der Waals surface area contributed by atoms with Crippen LogP contribution in [0.15, 0.2) is 84.0 Å². The number of carbonyl (C=O) groups is 1. The number of benzene rings is 2. The molecule has 1 aliphatic heterocycles. The van der Waals surface area contributed by atoms with E-state index in [-0.39, 0.29) is 10.8 Å². The Morgan fingerprint density at radius 3 is 2.33 bits per heavy atom. The minimum absolute atomic E-state index is 0.215. The van der Waals surface area contributed by atoms with Crippen LogP contribution in [0, 0.1) is 0 Å². The molecule has 154 valence electrons. The van der Waals surface area contributed by atoms with Crippen molar-refractivity contribution >= 4 is 21.6 Å². The van der Waals surface area contributed by atoms with E-state index >= 15 is 0 Å². The fourth-order valence-electron chi connectivity index (χ4n) is 3.72. The molecule has 3 aromatic rings. The molecule has 7 heteroatoms. The van der Waals surface area contributed by atoms with Crippen molar-refractivity contribution in [3.05, 3.63) is 90.3 Å². The number of hydrogen-bond acceptors (Lipinski definition) is 3. The van der Waals surface area contributed by atoms with Gasteiger partial charge in [-0.3, -0.25) is 4.79 Å². The minimum atomic E-state index is -3.70. The summed E-state index contributed by atoms with van der Waals surface area (Å²) < 4.78 is 27.2. The van der Waals surface area contributed by atoms with E-state index in [0.717, 1.165) is 12.0 Å². The quantitative estimate of drug-likeness (QED) is 0.663. The third kappa shape index (κ3) is 4.42. The lowest BCUT2D eigenvalue weighted by atomic mass is 10.1. The van der Waals surface area contributed by atoms with Crippen LogP contribution in [0.3, 0.4) is 0 Å². The first-order chi connectivity index (χ1) is 14.5. The monoisotopic (exact) mass is 422 g/mol. The van der Waals surface area contributed by atoms with E-state index in [1.165, 1.54) is 9.87 Å². The van der Waals surface area contributed by atoms with E-state index in [4.69, 9.17) is 0 Å². The molecule has 30 heavy (non-hydrogen) atoms. The molecule has 0 radical (unpaired) electrons. The zero-order valence-corrected chi connectivity index (χ0v) is 17.3. The largest absolute Gasteiger partial charge is 0.325 e. The van der Waals surface area contributed by atoms with Crippen molar-refractivity contribution in [2.45, 2.75) is 30.2 Å². The van der Waals surface area contributed by atoms with E-state index < -0.39 is 16.1 Å². The second-order valence-corrected chi connectivity index (χ2v) is 9.25. The summed E-state index contributed by atoms with van der Waals surface area (Å²) in [5, 5.41) is 2.88. The number of H-pyrrole nitrogens is 1. The Bertz CT molecular complexity index is 1100. The molecule has 0 aliphatic carbocycles. The number of aromatic amines is 1. The van der Waals surface area contributed by atoms with Gasteiger partial charge in [0, 0.05) is 24.4 Å². The maximum absolute atomic E-state index is 13.0. The van der Waals surface area contributed by atoms with Crippen LogP contribution >= 0.6 is 0 Å². The van der Waals surface area contributed by atoms with Crippen LogP contribution in [0.4, 0.5) is 5.69 Å². The first kappa shape index (κ1) is 20.3. The van der Waals surface area contributed by atoms with Crippen molar-refractivity contribution in [3.8, 4) is 0 Å². The summed E-state index contributed by atoms with van der Waals surface area (Å²) in [6, 6.07) is 19.3. The minimum Gasteiger partial charge on any atom is -0.325 e. The Balaban J connectivity index is 1.44. The van der Waals surface area contributed by atoms with E-state index in [2.05, 4.69) is 10.3 Å². The molecular formula is C23H24N3O3S+. The van der Waals surface area contributed by atoms with Crippen LogP contribution in [-0.4, -0.2) is 31.2 Å². The highest BCUT2D eigenvalue weighted by molar-refractivity contribution is 7.89. The van der Waals surface area contributed by atoms with Gasteiger partial charge in [-0.1, -0.05) is 30.3 Å². The molecule has 1 fully saturated rings. The summed E-state index contributed by atoms with van der Waals surface area (Å²) in [6.45, 7) is 0.350. The predicted octanol–water partition coefficient (Wildman–Crippen LogP) is 2.88. The maximum atomic E-state index is 13.0. The standard InChI is InChI=1S/C23H23N3O3S/c27-23(22-7-4-16-26(22)30(28,29)21-5-2-1-3-6-21)25-20-10-8-18(9-11-20)17-19-12-14-24-15-13-19/h1-3,5-6,8-15,22H,4,7,16-17H2,(H,25,27)/p+1. The van der Waals surface area contributed by atoms with Gasteiger partial charge in [0.15, 0.2) is 12.4 Å². The molecule has 2 heterocycles. The lowest BCUT2D eigenvalue weighted by molar-refractivity contribution is -0.378. The van der Waals surface area contributed by atoms with Crippen molar-refractivity contribution in [1.82, 2.24) is 4.31 Å². The summed E-state index contributed by atoms with van der Waals surface area (Å²) in [6.07, 6.45) is 5.76. The van der Waals surface area contributed by atoms with Crippen LogP contribution in [0.2, 0.25) is 0 Å². The fraction of sp³-hybridized carbons (Fsp3) is 0.217. The van der Waals surface area contributed by atoms with Crippen LogP contribution < -0.4 is 10.3 Å². The molecule has 0 spiro atoms. The molecular weight excluding hydrogens is 398 g/mol. The summed E-state index contributed by atoms with van der Waals surface area (Å²) >= 11 is 0. The molecule has 1 saturated heterocycles. The number of carbonyl (C=O) groups excluding carboxylic acids is 1. The first-order valence-corrected chi connectivity index (χ1v) is 11.4. The number of sulfonamides is 1. The number of aromatic nitrogens is 1. The summed E-state index contributed by atoms with van der Waals surface area (Å²) in [7, 11) is -3.70. The number of nitrogens with one attached hydrogen (secondary N) is 2. The van der Waals surface area contributed by atoms with Crippen LogP contribution in [0.25, 0.3) is 0 Å². The Morgan fingerprint density at radius 2 is 1.63 bits per heavy atom. The highest BCUT2D eigenvalue weighted by Crippen LogP contribution is 2.27. The van der Waals surface area contributed by atoms with Crippen LogP contribution in [0.5, 0.6) is 0 Å². The average molecular weight is 423 g/mol. The normalized spacial score (nSPS) is 17.0. The maximum Gasteiger partial charge on any atom is 0.243 e. The molecule has 4 rings (SSSR count). The Kier molecular flexibility index (Phi) is 5.92. The summed E-state index contributed by atoms with van der Waals surface area (Å²) in [4.78, 5) is 16.1. The highest BCUT2D eigenvalue weighted by Gasteiger charge is 2.39. The molecule has 1 unspecified atom stereocenters. The van der Waals surface area contributed by atoms with E-state index in [0.29, 0.717) is 25.1 Å². The average Bonchev–Trinajstić information content (AvgIpc) is 3.28. The Morgan fingerprint density at radius 1 is 0.967 bits per heavy atom. The number of rotatable bonds is 6. The van der Waals surface area contributed by atoms with E-state index in [1.54, 1.807) is 30.3 Å². The third-order valence-corrected chi connectivity index (χ3v) is 7.20. The lowest BCUT2D eigenvalue weighted by Crippen LogP contribution is -2.43. The van der Waals surface area contributed by atoms with Crippen molar-refractivity contribution in [2.75, 3.05) is 11.9 Å². The van der Waals surface area contributed by atoms with E-state index in [9.17, 15) is 13.2 Å². The van der Waals surface area contributed by atoms with Gasteiger partial charge in [0.2, 0.25) is 15.9 Å². The van der Waals surface area contributed by atoms with Gasteiger partial charge in [-0.2, -0.15) is 4.31 Å². The molecule has 2 aromatic carbocycles. The zero-order valence-electron chi connectivity index (χ0n) is 16.5. The lowest BCUT2D eigenvalue weighted by Gasteiger charge is -2.23. The van der Waals surface area contributed by atoms with Crippen molar-refractivity contribution in [1.29, 1.82) is 0 Å². The number of hydrogen-bond donors (Lipinski definition) is 1. The fourth-order valence-corrected chi connectivity index (χ4v) is 5.40. The Labute approximate surface area is 176 Å². The van der Waals surface area contributed by atoms with Gasteiger partial charge in [0.1, 0.15) is 6.04 Å². The second-order valence-electron chi connectivity index (χ2n) is 7.36. The van der Waals surface area contributed by atoms with Gasteiger partial charge in [0.05, 0.1) is 4.90 Å². The Hall–Kier alpha value is -3.03. The van der Waals surface area contributed by atoms with Gasteiger partial charge < -0.3 is 5.32 Å². The van der Waals surface area contributed by atoms with Gasteiger partial charge in [0.25, 0.3) is 0 Å². The smallest absolute Gasteiger partial charge is 0.243 e. The van der Waals surface area contributed by atoms with Gasteiger partial charge in [-0.15, -0.1) is 0 Å². The van der Waals surface area contributed by atoms with Gasteiger partial charge in [-0.05, 0) is 54.7 Å². The van der Waals surface area contributed by atoms with Gasteiger partial charge >= 0.3 is 0 Å². The molecule has 1 aromatic heterocycles. The molecule has 0 saturated carbocycles. The van der Waals surface area contributed by atoms with Crippen LogP contribution in [-0.2, 0) is 21.2 Å². The van der Waals surface area contributed by atoms with Crippen LogP contribution in [0.1, 0.15) is 24.0 Å². The number of amides is 1. The molecule has 2 N–H and O–H groups in total. The highest BCUT2D eigenvalue weighted by atomic mass is 32.2. The van der Waals surface area contributed by atoms with Gasteiger partial charge in [-0.25, -0.2) is 13.4 Å². The van der Waals surface area contributed by atoms with Crippen molar-refractivity contribution in [2.24, 2.45) is 0 Å². The number of nitrogens with zero attached hydrogens (tertiary/aromatic N) is 1. The topological polar surface area (TPSA) is 80.6 Å². The molecule has 1 amide bonds. The SMILES string of the molecule is O=C(Nc1ccc(Cc2cc[nH+]cc2)cc1)C1CCCN1S(=O)(=O)c1ccccc1. The summed E-state index contributed by atoms with van der Waals surface area (Å²) in [5.74, 6) is -0.293. The zero-order chi connectivity index (χ0) is 21.0. The van der Waals surface area contributed by atoms with Crippen molar-refractivity contribution in [3.63, 3.8) is 0 Å². The molecule has 0 bridgehead atoms. The number of pyridine rings is 1. The summed E-state index contributed by atoms with van der Waals surface area (Å²) in [5.41, 5.74) is 2.99. The number of anilines is 1. The van der Waals surface area contributed by atoms with Crippen molar-refractivity contribution < 1.29 is 18.2 Å². The molecule has 1 atom stereocenters. The molecule has 6 nitrogen and oxygen atoms in total. The first-order valence-electron chi connectivity index (χ1n) is 9.96. The predicted molar refractivity (Wildman–Crippen MR) is 114 cm³/mol. The third-order valence-electron chi connectivity index (χ3n) is 5.27. The second kappa shape index (κ2) is 8.77.